The molecule has 0 amide bonds. The van der Waals surface area contributed by atoms with Crippen molar-refractivity contribution in [3.05, 3.63) is 264 Å². The van der Waals surface area contributed by atoms with Crippen molar-refractivity contribution in [3.63, 3.8) is 0 Å². The molecule has 644 valence electrons. The van der Waals surface area contributed by atoms with Crippen molar-refractivity contribution in [1.29, 1.82) is 0 Å². The van der Waals surface area contributed by atoms with Gasteiger partial charge in [0, 0.05) is 76.4 Å². The molecule has 124 heavy (non-hydrogen) atoms. The smallest absolute Gasteiger partial charge is 0.421 e. The summed E-state index contributed by atoms with van der Waals surface area (Å²) in [5, 5.41) is 48.1. The fourth-order valence-electron chi connectivity index (χ4n) is 12.7. The molecule has 0 aliphatic rings. The first kappa shape index (κ1) is 95.9. The molecule has 0 radical (unpaired) electrons. The zero-order valence-corrected chi connectivity index (χ0v) is 75.8. The Balaban J connectivity index is 0.000000175. The van der Waals surface area contributed by atoms with Gasteiger partial charge in [0.15, 0.2) is 0 Å². The Hall–Kier alpha value is -11.9. The molecule has 0 aliphatic heterocycles. The molecule has 0 spiro atoms. The zero-order valence-electron chi connectivity index (χ0n) is 68.9. The summed E-state index contributed by atoms with van der Waals surface area (Å²) >= 11 is 0. The van der Waals surface area contributed by atoms with E-state index in [1.54, 1.807) is 64.0 Å². The van der Waals surface area contributed by atoms with Crippen molar-refractivity contribution in [3.8, 4) is 91.4 Å². The van der Waals surface area contributed by atoms with Crippen molar-refractivity contribution in [2.24, 2.45) is 0 Å². The second-order valence-electron chi connectivity index (χ2n) is 29.8. The van der Waals surface area contributed by atoms with Crippen LogP contribution in [0.3, 0.4) is 0 Å². The minimum absolute atomic E-state index is 0. The fourth-order valence-corrected chi connectivity index (χ4v) is 12.7. The predicted octanol–water partition coefficient (Wildman–Crippen LogP) is 19.5. The Morgan fingerprint density at radius 3 is 1.09 bits per heavy atom. The Kier molecular flexibility index (Phi) is 32.1. The quantitative estimate of drug-likeness (QED) is 0.103. The van der Waals surface area contributed by atoms with Gasteiger partial charge in [-0.15, -0.1) is 0 Å². The van der Waals surface area contributed by atoms with E-state index >= 15 is 0 Å². The van der Waals surface area contributed by atoms with Crippen molar-refractivity contribution in [2.45, 2.75) is 145 Å². The van der Waals surface area contributed by atoms with Gasteiger partial charge in [-0.1, -0.05) is 185 Å². The topological polar surface area (TPSA) is 317 Å². The Labute approximate surface area is 750 Å². The largest absolute Gasteiger partial charge is 2.00 e. The normalized spacial score (nSPS) is 11.4. The van der Waals surface area contributed by atoms with Crippen LogP contribution in [0.15, 0.2) is 201 Å². The van der Waals surface area contributed by atoms with Crippen molar-refractivity contribution in [1.82, 2.24) is 121 Å². The number of aromatic nitrogens is 24. The molecule has 0 saturated carbocycles. The fraction of sp³-hybridized carbons (Fsp3) is 0.250. The van der Waals surface area contributed by atoms with Gasteiger partial charge in [0.1, 0.15) is 17.5 Å². The summed E-state index contributed by atoms with van der Waals surface area (Å²) in [6, 6.07) is 52.5. The first-order chi connectivity index (χ1) is 57.6. The molecule has 0 atom stereocenters. The van der Waals surface area contributed by atoms with Gasteiger partial charge in [0.2, 0.25) is 0 Å². The Bertz CT molecular complexity index is 6100. The van der Waals surface area contributed by atoms with Crippen LogP contribution in [0.1, 0.15) is 163 Å². The van der Waals surface area contributed by atoms with Crippen LogP contribution in [0, 0.1) is 20.8 Å². The average Bonchev–Trinajstić information content (AvgIpc) is 1.36. The molecule has 5 aromatic carbocycles. The molecule has 0 N–H and O–H groups in total. The first-order valence-corrected chi connectivity index (χ1v) is 38.1. The van der Waals surface area contributed by atoms with Gasteiger partial charge in [-0.25, -0.2) is 0 Å². The minimum Gasteiger partial charge on any atom is -0.421 e. The number of hydrogen-bond acceptors (Lipinski definition) is 18. The molecular weight excluding hydrogens is 2150 g/mol. The van der Waals surface area contributed by atoms with Crippen LogP contribution < -0.4 is 30.6 Å². The van der Waals surface area contributed by atoms with Gasteiger partial charge in [-0.05, 0) is 200 Å². The molecule has 0 saturated heterocycles. The summed E-state index contributed by atoms with van der Waals surface area (Å²) in [6.45, 7) is 29.0. The van der Waals surface area contributed by atoms with Crippen LogP contribution >= 0.6 is 0 Å². The number of nitrogens with zero attached hydrogens (tertiary/aromatic N) is 24. The van der Waals surface area contributed by atoms with E-state index in [4.69, 9.17) is 0 Å². The van der Waals surface area contributed by atoms with Gasteiger partial charge in [0.05, 0.1) is 34.2 Å². The van der Waals surface area contributed by atoms with Gasteiger partial charge in [0.25, 0.3) is 0 Å². The zero-order chi connectivity index (χ0) is 86.7. The number of rotatable bonds is 12. The maximum Gasteiger partial charge on any atom is 2.00 e. The van der Waals surface area contributed by atoms with E-state index in [1.165, 1.54) is 27.8 Å². The molecule has 17 rings (SSSR count). The monoisotopic (exact) mass is 2230 g/mol. The first-order valence-electron chi connectivity index (χ1n) is 38.1. The van der Waals surface area contributed by atoms with Crippen LogP contribution in [0.4, 0.5) is 39.5 Å². The number of aryl methyl sites for hydroxylation is 3. The van der Waals surface area contributed by atoms with E-state index in [1.807, 2.05) is 115 Å². The Morgan fingerprint density at radius 1 is 0.298 bits per heavy atom. The third kappa shape index (κ3) is 23.7. The number of alkyl halides is 9. The second-order valence-corrected chi connectivity index (χ2v) is 29.8. The number of pyridine rings is 6. The van der Waals surface area contributed by atoms with E-state index < -0.39 is 36.0 Å². The number of hydrogen-bond donors (Lipinski definition) is 0. The average molecular weight is 2230 g/mol. The molecule has 0 unspecified atom stereocenters. The van der Waals surface area contributed by atoms with Crippen LogP contribution in [0.2, 0.25) is 0 Å². The van der Waals surface area contributed by atoms with Crippen molar-refractivity contribution >= 4 is 32.3 Å². The third-order valence-corrected chi connectivity index (χ3v) is 18.6. The van der Waals surface area contributed by atoms with E-state index in [9.17, 15) is 39.5 Å². The van der Waals surface area contributed by atoms with E-state index in [2.05, 4.69) is 240 Å². The molecule has 36 heteroatoms. The Morgan fingerprint density at radius 2 is 0.694 bits per heavy atom. The van der Waals surface area contributed by atoms with Gasteiger partial charge < -0.3 is 60.5 Å². The van der Waals surface area contributed by atoms with Gasteiger partial charge in [-0.2, -0.15) is 39.5 Å². The molecule has 17 aromatic rings. The molecule has 0 fully saturated rings. The second kappa shape index (κ2) is 41.5. The molecule has 12 aromatic heterocycles. The number of fused-ring (bicyclic) bond motifs is 3. The molecule has 24 nitrogen and oxygen atoms in total. The molecular formula is C88H79F9N24Pt3. The summed E-state index contributed by atoms with van der Waals surface area (Å²) in [4.78, 5) is 48.0. The maximum atomic E-state index is 13.0. The van der Waals surface area contributed by atoms with Gasteiger partial charge >= 0.3 is 81.7 Å². The van der Waals surface area contributed by atoms with Crippen molar-refractivity contribution in [2.75, 3.05) is 0 Å². The van der Waals surface area contributed by atoms with E-state index in [0.717, 1.165) is 60.9 Å². The number of benzene rings is 5. The molecule has 0 bridgehead atoms. The van der Waals surface area contributed by atoms with Crippen LogP contribution in [-0.2, 0) is 87.1 Å². The summed E-state index contributed by atoms with van der Waals surface area (Å²) < 4.78 is 115. The summed E-state index contributed by atoms with van der Waals surface area (Å²) in [6.07, 6.45) is -3.90. The number of halogens is 9. The van der Waals surface area contributed by atoms with Crippen molar-refractivity contribution < 1.29 is 103 Å². The van der Waals surface area contributed by atoms with Crippen LogP contribution in [0.5, 0.6) is 0 Å². The third-order valence-electron chi connectivity index (χ3n) is 18.6. The summed E-state index contributed by atoms with van der Waals surface area (Å²) in [5.41, 5.74) is 13.5. The van der Waals surface area contributed by atoms with E-state index in [0.29, 0.717) is 69.4 Å². The SMILES string of the molecule is CC(C)(C)c1ccc2cnc(-c3nc(C(F)(F)F)n[n-]3)cc2c1.CC(C)c1cccc(C(C)C)c1-c1ccc2c(-c3nc(C(F)(F)F)n[n-]3)nccc2c1.CC(C)c1cccc(C(C)C)c1-c1cnc(-c2nc(C(F)(F)F)n[n-]2)c2ccccc12.Cc1n[n-]c(-c2ccccn2)n1.Cc1n[n-]c(-c2ccccn2)n1.Cc1n[n-]c(-c2ccccn2)n1.[Pt+2].[Pt+2].[Pt+2]. The van der Waals surface area contributed by atoms with E-state index in [-0.39, 0.29) is 103 Å². The van der Waals surface area contributed by atoms with Crippen LogP contribution in [-0.4, -0.2) is 90.4 Å². The predicted molar refractivity (Wildman–Crippen MR) is 439 cm³/mol. The molecule has 0 aliphatic carbocycles. The standard InChI is InChI=1S/2C24H22F3N4.C16H14F3N4.3C8H7N4.3Pt/c1-13(2)15-10-7-11-16(14(3)4)20(15)19-12-28-21(18-9-6-5-8-17(18)19)22-29-23(31-30-22)24(25,26)27;1-13(2)17-6-5-7-18(14(3)4)20(17)16-8-9-19-15(12-16)10-11-28-21(19)22-29-23(31-30-22)24(25,26)27;1-15(2,3)11-5-4-9-8-20-12(7-10(9)6-11)13-21-14(23-22-13)16(17,18)19;3*1-6-10-8(12-11-6)7-4-2-3-5-9-7;;;/h2*5-14H,1-4H3;4-8H,1-3H3;3*2-5H,1H3;;;/q6*-1;3*+2. The van der Waals surface area contributed by atoms with Gasteiger partial charge in [-0.3, -0.25) is 60.5 Å². The summed E-state index contributed by atoms with van der Waals surface area (Å²) in [5.74, 6) is 0.939. The van der Waals surface area contributed by atoms with Crippen LogP contribution in [0.25, 0.3) is 124 Å². The molecule has 12 heterocycles. The summed E-state index contributed by atoms with van der Waals surface area (Å²) in [7, 11) is 0. The maximum absolute atomic E-state index is 13.0. The minimum atomic E-state index is -4.65.